The highest BCUT2D eigenvalue weighted by molar-refractivity contribution is 5.92. The summed E-state index contributed by atoms with van der Waals surface area (Å²) in [6.07, 6.45) is 1.35. The van der Waals surface area contributed by atoms with E-state index in [9.17, 15) is 14.3 Å². The maximum absolute atomic E-state index is 12.7. The molecule has 0 aliphatic carbocycles. The number of hydrogen-bond acceptors (Lipinski definition) is 3. The molecule has 2 N–H and O–H groups in total. The molecule has 0 unspecified atom stereocenters. The van der Waals surface area contributed by atoms with Crippen LogP contribution in [0.2, 0.25) is 0 Å². The van der Waals surface area contributed by atoms with Gasteiger partial charge < -0.3 is 10.4 Å². The SMILES string of the molecule is CC1(O)CCN(CC(=O)Nc2ccc(F)cc2)CC1. The van der Waals surface area contributed by atoms with E-state index in [-0.39, 0.29) is 11.7 Å². The number of rotatable bonds is 3. The van der Waals surface area contributed by atoms with E-state index in [2.05, 4.69) is 5.32 Å². The van der Waals surface area contributed by atoms with Gasteiger partial charge in [-0.15, -0.1) is 0 Å². The second kappa shape index (κ2) is 5.67. The summed E-state index contributed by atoms with van der Waals surface area (Å²) in [6, 6.07) is 5.70. The van der Waals surface area contributed by atoms with Crippen LogP contribution in [0.1, 0.15) is 19.8 Å². The molecule has 0 spiro atoms. The molecule has 1 aromatic carbocycles. The van der Waals surface area contributed by atoms with Gasteiger partial charge >= 0.3 is 0 Å². The minimum atomic E-state index is -0.607. The number of nitrogens with zero attached hydrogens (tertiary/aromatic N) is 1. The summed E-state index contributed by atoms with van der Waals surface area (Å²) in [7, 11) is 0. The quantitative estimate of drug-likeness (QED) is 0.874. The summed E-state index contributed by atoms with van der Waals surface area (Å²) in [5.74, 6) is -0.440. The van der Waals surface area contributed by atoms with Crippen molar-refractivity contribution in [2.24, 2.45) is 0 Å². The Kier molecular flexibility index (Phi) is 4.17. The molecule has 1 aliphatic heterocycles. The monoisotopic (exact) mass is 266 g/mol. The number of amides is 1. The second-order valence-corrected chi connectivity index (χ2v) is 5.33. The molecule has 0 bridgehead atoms. The van der Waals surface area contributed by atoms with Crippen molar-refractivity contribution in [2.75, 3.05) is 25.0 Å². The van der Waals surface area contributed by atoms with Gasteiger partial charge in [0.1, 0.15) is 5.82 Å². The van der Waals surface area contributed by atoms with Crippen LogP contribution in [0.15, 0.2) is 24.3 Å². The standard InChI is InChI=1S/C14H19FN2O2/c1-14(19)6-8-17(9-7-14)10-13(18)16-12-4-2-11(15)3-5-12/h2-5,19H,6-10H2,1H3,(H,16,18). The summed E-state index contributed by atoms with van der Waals surface area (Å²) in [4.78, 5) is 13.8. The Bertz CT molecular complexity index is 435. The summed E-state index contributed by atoms with van der Waals surface area (Å²) >= 11 is 0. The topological polar surface area (TPSA) is 52.6 Å². The predicted molar refractivity (Wildman–Crippen MR) is 71.3 cm³/mol. The molecule has 0 saturated carbocycles. The number of nitrogens with one attached hydrogen (secondary N) is 1. The Balaban J connectivity index is 1.80. The average Bonchev–Trinajstić information content (AvgIpc) is 2.35. The molecule has 1 amide bonds. The number of carbonyl (C=O) groups is 1. The third kappa shape index (κ3) is 4.29. The van der Waals surface area contributed by atoms with Crippen molar-refractivity contribution in [3.8, 4) is 0 Å². The zero-order valence-corrected chi connectivity index (χ0v) is 11.0. The minimum absolute atomic E-state index is 0.117. The first-order chi connectivity index (χ1) is 8.94. The molecule has 4 nitrogen and oxygen atoms in total. The third-order valence-electron chi connectivity index (χ3n) is 3.43. The van der Waals surface area contributed by atoms with E-state index in [1.165, 1.54) is 24.3 Å². The van der Waals surface area contributed by atoms with Crippen LogP contribution in [0.3, 0.4) is 0 Å². The number of piperidine rings is 1. The van der Waals surface area contributed by atoms with Gasteiger partial charge in [-0.3, -0.25) is 9.69 Å². The molecule has 0 radical (unpaired) electrons. The molecule has 2 rings (SSSR count). The van der Waals surface area contributed by atoms with E-state index < -0.39 is 5.60 Å². The van der Waals surface area contributed by atoms with Crippen LogP contribution >= 0.6 is 0 Å². The number of hydrogen-bond donors (Lipinski definition) is 2. The van der Waals surface area contributed by atoms with Crippen LogP contribution in [0.4, 0.5) is 10.1 Å². The Hall–Kier alpha value is -1.46. The molecule has 1 fully saturated rings. The van der Waals surface area contributed by atoms with Gasteiger partial charge in [0.25, 0.3) is 0 Å². The van der Waals surface area contributed by atoms with Crippen LogP contribution in [-0.2, 0) is 4.79 Å². The van der Waals surface area contributed by atoms with Gasteiger partial charge in [0.2, 0.25) is 5.91 Å². The summed E-state index contributed by atoms with van der Waals surface area (Å²) in [5.41, 5.74) is -0.0142. The molecule has 104 valence electrons. The van der Waals surface area contributed by atoms with Crippen molar-refractivity contribution in [3.05, 3.63) is 30.1 Å². The minimum Gasteiger partial charge on any atom is -0.390 e. The maximum Gasteiger partial charge on any atom is 0.238 e. The lowest BCUT2D eigenvalue weighted by molar-refractivity contribution is -0.118. The number of carbonyl (C=O) groups excluding carboxylic acids is 1. The summed E-state index contributed by atoms with van der Waals surface area (Å²) in [5, 5.41) is 12.6. The first-order valence-electron chi connectivity index (χ1n) is 6.45. The van der Waals surface area contributed by atoms with Gasteiger partial charge in [0.15, 0.2) is 0 Å². The van der Waals surface area contributed by atoms with Gasteiger partial charge in [0, 0.05) is 18.8 Å². The fourth-order valence-corrected chi connectivity index (χ4v) is 2.13. The lowest BCUT2D eigenvalue weighted by atomic mass is 9.94. The fourth-order valence-electron chi connectivity index (χ4n) is 2.13. The summed E-state index contributed by atoms with van der Waals surface area (Å²) in [6.45, 7) is 3.55. The molecule has 1 saturated heterocycles. The Morgan fingerprint density at radius 2 is 1.95 bits per heavy atom. The van der Waals surface area contributed by atoms with Crippen molar-refractivity contribution in [2.45, 2.75) is 25.4 Å². The molecule has 1 aromatic rings. The first-order valence-corrected chi connectivity index (χ1v) is 6.45. The lowest BCUT2D eigenvalue weighted by Crippen LogP contribution is -2.45. The first kappa shape index (κ1) is 14.0. The molecular formula is C14H19FN2O2. The highest BCUT2D eigenvalue weighted by Crippen LogP contribution is 2.20. The van der Waals surface area contributed by atoms with Gasteiger partial charge in [-0.1, -0.05) is 0 Å². The van der Waals surface area contributed by atoms with Crippen molar-refractivity contribution in [3.63, 3.8) is 0 Å². The van der Waals surface area contributed by atoms with Gasteiger partial charge in [-0.25, -0.2) is 4.39 Å². The zero-order valence-electron chi connectivity index (χ0n) is 11.0. The van der Waals surface area contributed by atoms with Crippen LogP contribution in [-0.4, -0.2) is 41.1 Å². The number of aliphatic hydroxyl groups is 1. The van der Waals surface area contributed by atoms with E-state index in [1.807, 2.05) is 11.8 Å². The van der Waals surface area contributed by atoms with E-state index in [0.717, 1.165) is 0 Å². The number of halogens is 1. The Labute approximate surface area is 112 Å². The van der Waals surface area contributed by atoms with Crippen LogP contribution in [0, 0.1) is 5.82 Å². The Morgan fingerprint density at radius 1 is 1.37 bits per heavy atom. The molecule has 0 atom stereocenters. The zero-order chi connectivity index (χ0) is 13.9. The van der Waals surface area contributed by atoms with Crippen molar-refractivity contribution in [1.29, 1.82) is 0 Å². The van der Waals surface area contributed by atoms with Crippen LogP contribution < -0.4 is 5.32 Å². The van der Waals surface area contributed by atoms with Crippen molar-refractivity contribution < 1.29 is 14.3 Å². The predicted octanol–water partition coefficient (Wildman–Crippen LogP) is 1.61. The van der Waals surface area contributed by atoms with Crippen LogP contribution in [0.25, 0.3) is 0 Å². The highest BCUT2D eigenvalue weighted by atomic mass is 19.1. The Morgan fingerprint density at radius 3 is 2.53 bits per heavy atom. The van der Waals surface area contributed by atoms with E-state index in [1.54, 1.807) is 0 Å². The largest absolute Gasteiger partial charge is 0.390 e. The van der Waals surface area contributed by atoms with Crippen molar-refractivity contribution >= 4 is 11.6 Å². The normalized spacial score (nSPS) is 19.1. The molecule has 1 aliphatic rings. The van der Waals surface area contributed by atoms with Gasteiger partial charge in [0.05, 0.1) is 12.1 Å². The number of anilines is 1. The molecule has 5 heteroatoms. The number of likely N-dealkylation sites (tertiary alicyclic amines) is 1. The van der Waals surface area contributed by atoms with E-state index in [0.29, 0.717) is 38.2 Å². The smallest absolute Gasteiger partial charge is 0.238 e. The van der Waals surface area contributed by atoms with Crippen molar-refractivity contribution in [1.82, 2.24) is 4.90 Å². The van der Waals surface area contributed by atoms with Gasteiger partial charge in [-0.05, 0) is 44.0 Å². The second-order valence-electron chi connectivity index (χ2n) is 5.33. The third-order valence-corrected chi connectivity index (χ3v) is 3.43. The van der Waals surface area contributed by atoms with E-state index in [4.69, 9.17) is 0 Å². The molecule has 19 heavy (non-hydrogen) atoms. The van der Waals surface area contributed by atoms with Crippen LogP contribution in [0.5, 0.6) is 0 Å². The molecule has 0 aromatic heterocycles. The lowest BCUT2D eigenvalue weighted by Gasteiger charge is -2.35. The maximum atomic E-state index is 12.7. The average molecular weight is 266 g/mol. The summed E-state index contributed by atoms with van der Waals surface area (Å²) < 4.78 is 12.7. The van der Waals surface area contributed by atoms with E-state index >= 15 is 0 Å². The highest BCUT2D eigenvalue weighted by Gasteiger charge is 2.27. The van der Waals surface area contributed by atoms with Gasteiger partial charge in [-0.2, -0.15) is 0 Å². The number of benzene rings is 1. The fraction of sp³-hybridized carbons (Fsp3) is 0.500. The molecular weight excluding hydrogens is 247 g/mol. The molecule has 1 heterocycles.